The molecule has 2 rings (SSSR count). The summed E-state index contributed by atoms with van der Waals surface area (Å²) in [6, 6.07) is 5.94. The Morgan fingerprint density at radius 3 is 3.08 bits per heavy atom. The molecule has 13 heavy (non-hydrogen) atoms. The van der Waals surface area contributed by atoms with E-state index >= 15 is 0 Å². The van der Waals surface area contributed by atoms with Gasteiger partial charge in [0, 0.05) is 11.6 Å². The van der Waals surface area contributed by atoms with Gasteiger partial charge in [-0.3, -0.25) is 4.79 Å². The third-order valence-corrected chi connectivity index (χ3v) is 2.67. The van der Waals surface area contributed by atoms with Crippen LogP contribution in [0.5, 0.6) is 0 Å². The molecule has 2 heteroatoms. The summed E-state index contributed by atoms with van der Waals surface area (Å²) in [5, 5.41) is 0. The van der Waals surface area contributed by atoms with Gasteiger partial charge in [-0.2, -0.15) is 0 Å². The highest BCUT2D eigenvalue weighted by molar-refractivity contribution is 5.75. The Kier molecular flexibility index (Phi) is 2.15. The Bertz CT molecular complexity index is 333. The van der Waals surface area contributed by atoms with Crippen molar-refractivity contribution in [2.45, 2.75) is 25.3 Å². The third kappa shape index (κ3) is 1.49. The SMILES string of the molecule is NC1CCCc2ccc(C=O)cc21. The molecule has 0 spiro atoms. The first-order valence-corrected chi connectivity index (χ1v) is 4.65. The molecule has 1 aromatic rings. The molecule has 0 radical (unpaired) electrons. The molecule has 1 aliphatic rings. The molecule has 1 unspecified atom stereocenters. The van der Waals surface area contributed by atoms with Crippen molar-refractivity contribution in [2.24, 2.45) is 5.73 Å². The maximum absolute atomic E-state index is 10.6. The molecule has 2 N–H and O–H groups in total. The first-order chi connectivity index (χ1) is 6.31. The number of hydrogen-bond donors (Lipinski definition) is 1. The highest BCUT2D eigenvalue weighted by Crippen LogP contribution is 2.28. The van der Waals surface area contributed by atoms with Gasteiger partial charge >= 0.3 is 0 Å². The van der Waals surface area contributed by atoms with Crippen LogP contribution in [0.4, 0.5) is 0 Å². The first kappa shape index (κ1) is 8.45. The van der Waals surface area contributed by atoms with Gasteiger partial charge in [-0.25, -0.2) is 0 Å². The molecule has 0 fully saturated rings. The molecule has 1 atom stereocenters. The minimum Gasteiger partial charge on any atom is -0.324 e. The highest BCUT2D eigenvalue weighted by atomic mass is 16.1. The van der Waals surface area contributed by atoms with Crippen LogP contribution in [0.2, 0.25) is 0 Å². The van der Waals surface area contributed by atoms with E-state index in [1.807, 2.05) is 18.2 Å². The Hall–Kier alpha value is -1.15. The lowest BCUT2D eigenvalue weighted by Gasteiger charge is -2.22. The van der Waals surface area contributed by atoms with Gasteiger partial charge in [0.2, 0.25) is 0 Å². The topological polar surface area (TPSA) is 43.1 Å². The van der Waals surface area contributed by atoms with Crippen LogP contribution in [0.25, 0.3) is 0 Å². The number of aldehydes is 1. The van der Waals surface area contributed by atoms with Gasteiger partial charge in [-0.05, 0) is 36.5 Å². The smallest absolute Gasteiger partial charge is 0.150 e. The minimum absolute atomic E-state index is 0.128. The Balaban J connectivity index is 2.46. The summed E-state index contributed by atoms with van der Waals surface area (Å²) in [5.41, 5.74) is 9.16. The van der Waals surface area contributed by atoms with Gasteiger partial charge in [0.1, 0.15) is 6.29 Å². The molecular formula is C11H13NO. The number of benzene rings is 1. The molecule has 0 aromatic heterocycles. The van der Waals surface area contributed by atoms with E-state index in [1.165, 1.54) is 5.56 Å². The Morgan fingerprint density at radius 2 is 2.31 bits per heavy atom. The van der Waals surface area contributed by atoms with Crippen molar-refractivity contribution in [1.29, 1.82) is 0 Å². The number of aryl methyl sites for hydroxylation is 1. The molecule has 0 aliphatic heterocycles. The Labute approximate surface area is 77.8 Å². The molecule has 0 saturated carbocycles. The van der Waals surface area contributed by atoms with E-state index in [0.717, 1.165) is 36.7 Å². The van der Waals surface area contributed by atoms with E-state index in [-0.39, 0.29) is 6.04 Å². The first-order valence-electron chi connectivity index (χ1n) is 4.65. The predicted molar refractivity (Wildman–Crippen MR) is 51.7 cm³/mol. The average molecular weight is 175 g/mol. The largest absolute Gasteiger partial charge is 0.324 e. The lowest BCUT2D eigenvalue weighted by molar-refractivity contribution is 0.112. The van der Waals surface area contributed by atoms with Crippen LogP contribution in [0, 0.1) is 0 Å². The van der Waals surface area contributed by atoms with Gasteiger partial charge in [0.05, 0.1) is 0 Å². The van der Waals surface area contributed by atoms with Gasteiger partial charge in [-0.15, -0.1) is 0 Å². The predicted octanol–water partition coefficient (Wildman–Crippen LogP) is 1.84. The molecule has 0 heterocycles. The molecule has 0 amide bonds. The zero-order valence-electron chi connectivity index (χ0n) is 7.49. The van der Waals surface area contributed by atoms with Crippen LogP contribution in [-0.2, 0) is 6.42 Å². The molecule has 0 bridgehead atoms. The second-order valence-electron chi connectivity index (χ2n) is 3.57. The molecule has 68 valence electrons. The molecule has 2 nitrogen and oxygen atoms in total. The Morgan fingerprint density at radius 1 is 1.46 bits per heavy atom. The third-order valence-electron chi connectivity index (χ3n) is 2.67. The summed E-state index contributed by atoms with van der Waals surface area (Å²) in [6.45, 7) is 0. The lowest BCUT2D eigenvalue weighted by atomic mass is 9.87. The van der Waals surface area contributed by atoms with Crippen molar-refractivity contribution >= 4 is 6.29 Å². The van der Waals surface area contributed by atoms with Gasteiger partial charge in [-0.1, -0.05) is 12.1 Å². The zero-order valence-corrected chi connectivity index (χ0v) is 7.49. The number of hydrogen-bond acceptors (Lipinski definition) is 2. The fourth-order valence-electron chi connectivity index (χ4n) is 1.93. The van der Waals surface area contributed by atoms with Crippen molar-refractivity contribution in [1.82, 2.24) is 0 Å². The van der Waals surface area contributed by atoms with Crippen molar-refractivity contribution in [3.05, 3.63) is 34.9 Å². The second-order valence-corrected chi connectivity index (χ2v) is 3.57. The van der Waals surface area contributed by atoms with E-state index in [9.17, 15) is 4.79 Å². The minimum atomic E-state index is 0.128. The van der Waals surface area contributed by atoms with Crippen molar-refractivity contribution in [3.8, 4) is 0 Å². The second kappa shape index (κ2) is 3.30. The number of carbonyl (C=O) groups excluding carboxylic acids is 1. The summed E-state index contributed by atoms with van der Waals surface area (Å²) in [6.07, 6.45) is 4.17. The number of nitrogens with two attached hydrogens (primary N) is 1. The maximum atomic E-state index is 10.6. The summed E-state index contributed by atoms with van der Waals surface area (Å²) >= 11 is 0. The normalized spacial score (nSPS) is 20.8. The number of rotatable bonds is 1. The van der Waals surface area contributed by atoms with Gasteiger partial charge in [0.25, 0.3) is 0 Å². The number of carbonyl (C=O) groups is 1. The fraction of sp³-hybridized carbons (Fsp3) is 0.364. The van der Waals surface area contributed by atoms with Crippen LogP contribution in [-0.4, -0.2) is 6.29 Å². The quantitative estimate of drug-likeness (QED) is 0.662. The fourth-order valence-corrected chi connectivity index (χ4v) is 1.93. The van der Waals surface area contributed by atoms with E-state index in [0.29, 0.717) is 0 Å². The molecule has 1 aliphatic carbocycles. The van der Waals surface area contributed by atoms with Crippen LogP contribution >= 0.6 is 0 Å². The van der Waals surface area contributed by atoms with Crippen LogP contribution in [0.15, 0.2) is 18.2 Å². The number of fused-ring (bicyclic) bond motifs is 1. The van der Waals surface area contributed by atoms with Crippen molar-refractivity contribution < 1.29 is 4.79 Å². The monoisotopic (exact) mass is 175 g/mol. The van der Waals surface area contributed by atoms with Crippen LogP contribution in [0.1, 0.15) is 40.4 Å². The lowest BCUT2D eigenvalue weighted by Crippen LogP contribution is -2.17. The summed E-state index contributed by atoms with van der Waals surface area (Å²) < 4.78 is 0. The molecule has 0 saturated heterocycles. The van der Waals surface area contributed by atoms with E-state index in [2.05, 4.69) is 0 Å². The van der Waals surface area contributed by atoms with Crippen LogP contribution in [0.3, 0.4) is 0 Å². The summed E-state index contributed by atoms with van der Waals surface area (Å²) in [7, 11) is 0. The molecule has 1 aromatic carbocycles. The van der Waals surface area contributed by atoms with E-state index in [1.54, 1.807) is 0 Å². The summed E-state index contributed by atoms with van der Waals surface area (Å²) in [4.78, 5) is 10.6. The van der Waals surface area contributed by atoms with Crippen molar-refractivity contribution in [3.63, 3.8) is 0 Å². The van der Waals surface area contributed by atoms with E-state index in [4.69, 9.17) is 5.73 Å². The van der Waals surface area contributed by atoms with Crippen LogP contribution < -0.4 is 5.73 Å². The zero-order chi connectivity index (χ0) is 9.26. The standard InChI is InChI=1S/C11H13NO/c12-11-3-1-2-9-5-4-8(7-13)6-10(9)11/h4-7,11H,1-3,12H2. The highest BCUT2D eigenvalue weighted by Gasteiger charge is 2.16. The van der Waals surface area contributed by atoms with Gasteiger partial charge < -0.3 is 5.73 Å². The van der Waals surface area contributed by atoms with Crippen molar-refractivity contribution in [2.75, 3.05) is 0 Å². The summed E-state index contributed by atoms with van der Waals surface area (Å²) in [5.74, 6) is 0. The van der Waals surface area contributed by atoms with Gasteiger partial charge in [0.15, 0.2) is 0 Å². The maximum Gasteiger partial charge on any atom is 0.150 e. The molecular weight excluding hydrogens is 162 g/mol. The average Bonchev–Trinajstić information content (AvgIpc) is 2.18. The van der Waals surface area contributed by atoms with E-state index < -0.39 is 0 Å².